The summed E-state index contributed by atoms with van der Waals surface area (Å²) in [5, 5.41) is 9.10. The molecular weight excluding hydrogens is 194 g/mol. The lowest BCUT2D eigenvalue weighted by Crippen LogP contribution is -2.33. The van der Waals surface area contributed by atoms with Gasteiger partial charge in [0, 0.05) is 12.5 Å². The fourth-order valence-electron chi connectivity index (χ4n) is 2.06. The summed E-state index contributed by atoms with van der Waals surface area (Å²) in [4.78, 5) is 13.3. The predicted octanol–water partition coefficient (Wildman–Crippen LogP) is 0.786. The second-order valence-corrected chi connectivity index (χ2v) is 3.92. The van der Waals surface area contributed by atoms with Gasteiger partial charge in [-0.2, -0.15) is 0 Å². The summed E-state index contributed by atoms with van der Waals surface area (Å²) in [6.07, 6.45) is 3.55. The van der Waals surface area contributed by atoms with Crippen LogP contribution in [-0.4, -0.2) is 48.3 Å². The predicted molar refractivity (Wildman–Crippen MR) is 57.5 cm³/mol. The summed E-state index contributed by atoms with van der Waals surface area (Å²) in [7, 11) is 0. The molecule has 1 heterocycles. The van der Waals surface area contributed by atoms with Crippen molar-refractivity contribution in [1.29, 1.82) is 0 Å². The van der Waals surface area contributed by atoms with Crippen molar-refractivity contribution >= 4 is 5.97 Å². The molecule has 1 aliphatic rings. The number of aliphatic hydroxyl groups excluding tert-OH is 1. The Labute approximate surface area is 91.2 Å². The van der Waals surface area contributed by atoms with Gasteiger partial charge in [-0.3, -0.25) is 9.69 Å². The average molecular weight is 215 g/mol. The third-order valence-corrected chi connectivity index (χ3v) is 2.84. The Hall–Kier alpha value is -0.610. The van der Waals surface area contributed by atoms with E-state index in [0.717, 1.165) is 32.4 Å². The summed E-state index contributed by atoms with van der Waals surface area (Å²) < 4.78 is 4.85. The number of hydrogen-bond acceptors (Lipinski definition) is 4. The monoisotopic (exact) mass is 215 g/mol. The summed E-state index contributed by atoms with van der Waals surface area (Å²) in [6, 6.07) is 0.312. The van der Waals surface area contributed by atoms with Gasteiger partial charge in [0.1, 0.15) is 0 Å². The van der Waals surface area contributed by atoms with Crippen molar-refractivity contribution in [2.45, 2.75) is 38.6 Å². The third kappa shape index (κ3) is 4.18. The number of ether oxygens (including phenoxy) is 1. The summed E-state index contributed by atoms with van der Waals surface area (Å²) in [5.41, 5.74) is 0. The highest BCUT2D eigenvalue weighted by molar-refractivity contribution is 5.69. The lowest BCUT2D eigenvalue weighted by molar-refractivity contribution is -0.143. The highest BCUT2D eigenvalue weighted by Crippen LogP contribution is 2.16. The van der Waals surface area contributed by atoms with E-state index in [1.54, 1.807) is 0 Å². The molecule has 15 heavy (non-hydrogen) atoms. The number of carbonyl (C=O) groups is 1. The van der Waals surface area contributed by atoms with E-state index in [2.05, 4.69) is 4.90 Å². The van der Waals surface area contributed by atoms with E-state index in [4.69, 9.17) is 9.84 Å². The van der Waals surface area contributed by atoms with Gasteiger partial charge in [0.2, 0.25) is 0 Å². The molecule has 1 rings (SSSR count). The van der Waals surface area contributed by atoms with Crippen LogP contribution < -0.4 is 0 Å². The maximum atomic E-state index is 11.1. The molecule has 0 unspecified atom stereocenters. The van der Waals surface area contributed by atoms with Crippen molar-refractivity contribution in [3.05, 3.63) is 0 Å². The molecule has 0 spiro atoms. The molecule has 1 aliphatic heterocycles. The minimum absolute atomic E-state index is 0.114. The first-order valence-electron chi connectivity index (χ1n) is 5.78. The first-order valence-corrected chi connectivity index (χ1v) is 5.78. The van der Waals surface area contributed by atoms with E-state index in [-0.39, 0.29) is 12.6 Å². The Kier molecular flexibility index (Phi) is 5.65. The number of nitrogens with zero attached hydrogens (tertiary/aromatic N) is 1. The summed E-state index contributed by atoms with van der Waals surface area (Å²) >= 11 is 0. The molecule has 0 saturated carbocycles. The van der Waals surface area contributed by atoms with Gasteiger partial charge in [-0.25, -0.2) is 0 Å². The number of aliphatic hydroxyl groups is 1. The van der Waals surface area contributed by atoms with Crippen LogP contribution in [0.3, 0.4) is 0 Å². The normalized spacial score (nSPS) is 21.9. The topological polar surface area (TPSA) is 49.8 Å². The van der Waals surface area contributed by atoms with Crippen LogP contribution in [0.2, 0.25) is 0 Å². The molecule has 0 aromatic rings. The van der Waals surface area contributed by atoms with Crippen LogP contribution in [0.4, 0.5) is 0 Å². The molecule has 0 amide bonds. The highest BCUT2D eigenvalue weighted by Gasteiger charge is 2.22. The van der Waals surface area contributed by atoms with Gasteiger partial charge in [-0.05, 0) is 39.3 Å². The second kappa shape index (κ2) is 6.80. The lowest BCUT2D eigenvalue weighted by atomic mass is 10.2. The fraction of sp³-hybridized carbons (Fsp3) is 0.909. The van der Waals surface area contributed by atoms with Gasteiger partial charge in [0.15, 0.2) is 0 Å². The second-order valence-electron chi connectivity index (χ2n) is 3.92. The first-order chi connectivity index (χ1) is 7.27. The van der Waals surface area contributed by atoms with E-state index in [1.807, 2.05) is 6.92 Å². The quantitative estimate of drug-likeness (QED) is 0.665. The molecule has 4 nitrogen and oxygen atoms in total. The van der Waals surface area contributed by atoms with Crippen molar-refractivity contribution in [2.75, 3.05) is 26.3 Å². The molecule has 0 aliphatic carbocycles. The zero-order valence-corrected chi connectivity index (χ0v) is 9.45. The van der Waals surface area contributed by atoms with Gasteiger partial charge in [0.25, 0.3) is 0 Å². The molecule has 1 fully saturated rings. The van der Waals surface area contributed by atoms with Gasteiger partial charge in [-0.1, -0.05) is 0 Å². The number of rotatable bonds is 6. The van der Waals surface area contributed by atoms with Crippen molar-refractivity contribution in [2.24, 2.45) is 0 Å². The number of likely N-dealkylation sites (tertiary alicyclic amines) is 1. The van der Waals surface area contributed by atoms with Crippen LogP contribution in [0.1, 0.15) is 32.6 Å². The molecule has 0 radical (unpaired) electrons. The van der Waals surface area contributed by atoms with Crippen molar-refractivity contribution in [3.63, 3.8) is 0 Å². The van der Waals surface area contributed by atoms with Crippen LogP contribution in [-0.2, 0) is 9.53 Å². The summed E-state index contributed by atoms with van der Waals surface area (Å²) in [5.74, 6) is -0.114. The lowest BCUT2D eigenvalue weighted by Gasteiger charge is -2.22. The Bertz CT molecular complexity index is 196. The van der Waals surface area contributed by atoms with Gasteiger partial charge in [-0.15, -0.1) is 0 Å². The van der Waals surface area contributed by atoms with E-state index in [9.17, 15) is 4.79 Å². The molecule has 1 saturated heterocycles. The number of hydrogen-bond donors (Lipinski definition) is 1. The van der Waals surface area contributed by atoms with Crippen LogP contribution in [0, 0.1) is 0 Å². The van der Waals surface area contributed by atoms with Crippen LogP contribution in [0.15, 0.2) is 0 Å². The molecular formula is C11H21NO3. The molecule has 0 aromatic carbocycles. The Balaban J connectivity index is 2.11. The highest BCUT2D eigenvalue weighted by atomic mass is 16.5. The van der Waals surface area contributed by atoms with Gasteiger partial charge >= 0.3 is 5.97 Å². The van der Waals surface area contributed by atoms with Crippen LogP contribution >= 0.6 is 0 Å². The molecule has 1 atom stereocenters. The first kappa shape index (κ1) is 12.5. The minimum Gasteiger partial charge on any atom is -0.466 e. The fourth-order valence-corrected chi connectivity index (χ4v) is 2.06. The van der Waals surface area contributed by atoms with Crippen molar-refractivity contribution < 1.29 is 14.6 Å². The maximum Gasteiger partial charge on any atom is 0.305 e. The molecule has 1 N–H and O–H groups in total. The van der Waals surface area contributed by atoms with Gasteiger partial charge in [0.05, 0.1) is 13.2 Å². The van der Waals surface area contributed by atoms with Gasteiger partial charge < -0.3 is 9.84 Å². The zero-order chi connectivity index (χ0) is 11.1. The zero-order valence-electron chi connectivity index (χ0n) is 9.45. The van der Waals surface area contributed by atoms with Crippen LogP contribution in [0.5, 0.6) is 0 Å². The molecule has 0 bridgehead atoms. The smallest absolute Gasteiger partial charge is 0.305 e. The van der Waals surface area contributed by atoms with Crippen molar-refractivity contribution in [1.82, 2.24) is 4.90 Å². The number of carbonyl (C=O) groups excluding carboxylic acids is 1. The number of esters is 1. The van der Waals surface area contributed by atoms with E-state index < -0.39 is 0 Å². The standard InChI is InChI=1S/C11H21NO3/c1-2-15-11(14)6-4-8-12-7-3-5-10(12)9-13/h10,13H,2-9H2,1H3/t10-/m1/s1. The maximum absolute atomic E-state index is 11.1. The summed E-state index contributed by atoms with van der Waals surface area (Å²) in [6.45, 7) is 4.46. The van der Waals surface area contributed by atoms with Crippen molar-refractivity contribution in [3.8, 4) is 0 Å². The average Bonchev–Trinajstić information content (AvgIpc) is 2.66. The molecule has 4 heteroatoms. The van der Waals surface area contributed by atoms with E-state index >= 15 is 0 Å². The van der Waals surface area contributed by atoms with Crippen LogP contribution in [0.25, 0.3) is 0 Å². The SMILES string of the molecule is CCOC(=O)CCCN1CCC[C@@H]1CO. The third-order valence-electron chi connectivity index (χ3n) is 2.84. The Morgan fingerprint density at radius 3 is 3.07 bits per heavy atom. The Morgan fingerprint density at radius 1 is 1.60 bits per heavy atom. The largest absolute Gasteiger partial charge is 0.466 e. The van der Waals surface area contributed by atoms with E-state index in [1.165, 1.54) is 0 Å². The molecule has 0 aromatic heterocycles. The molecule has 88 valence electrons. The minimum atomic E-state index is -0.114. The van der Waals surface area contributed by atoms with E-state index in [0.29, 0.717) is 19.1 Å². The Morgan fingerprint density at radius 2 is 2.40 bits per heavy atom.